The van der Waals surface area contributed by atoms with Crippen molar-refractivity contribution in [3.05, 3.63) is 58.6 Å². The van der Waals surface area contributed by atoms with E-state index in [2.05, 4.69) is 17.6 Å². The zero-order valence-electron chi connectivity index (χ0n) is 12.2. The number of aromatic nitrogens is 1. The lowest BCUT2D eigenvalue weighted by Gasteiger charge is -2.03. The van der Waals surface area contributed by atoms with Gasteiger partial charge in [-0.1, -0.05) is 23.7 Å². The molecule has 0 saturated carbocycles. The summed E-state index contributed by atoms with van der Waals surface area (Å²) in [6.07, 6.45) is 0. The molecule has 7 heteroatoms. The van der Waals surface area contributed by atoms with Crippen LogP contribution in [0.25, 0.3) is 21.7 Å². The maximum atomic E-state index is 11.2. The maximum absolute atomic E-state index is 11.2. The van der Waals surface area contributed by atoms with E-state index < -0.39 is 11.2 Å². The van der Waals surface area contributed by atoms with Gasteiger partial charge in [0, 0.05) is 10.6 Å². The Hall–Kier alpha value is -2.02. The van der Waals surface area contributed by atoms with Gasteiger partial charge in [0.15, 0.2) is 5.25 Å². The number of phenolic OH excluding ortho intramolecular Hbond substituents is 1. The molecular formula is C17H12ClNO3S2. The van der Waals surface area contributed by atoms with Gasteiger partial charge in [-0.2, -0.15) is 12.6 Å². The van der Waals surface area contributed by atoms with Gasteiger partial charge in [-0.05, 0) is 42.0 Å². The predicted molar refractivity (Wildman–Crippen MR) is 99.0 cm³/mol. The normalized spacial score (nSPS) is 12.1. The fraction of sp³-hybridized carbons (Fsp3) is 0.0588. The molecule has 0 saturated heterocycles. The fourth-order valence-corrected chi connectivity index (χ4v) is 3.59. The van der Waals surface area contributed by atoms with Gasteiger partial charge in [0.1, 0.15) is 10.8 Å². The lowest BCUT2D eigenvalue weighted by Crippen LogP contribution is -2.04. The lowest BCUT2D eigenvalue weighted by atomic mass is 10.1. The van der Waals surface area contributed by atoms with Crippen LogP contribution in [0.3, 0.4) is 0 Å². The number of phenols is 1. The average molecular weight is 378 g/mol. The number of aliphatic carboxylic acids is 1. The summed E-state index contributed by atoms with van der Waals surface area (Å²) in [6.45, 7) is 0. The Bertz CT molecular complexity index is 813. The minimum absolute atomic E-state index is 0.161. The molecule has 0 aliphatic carbocycles. The first-order valence-corrected chi connectivity index (χ1v) is 8.63. The van der Waals surface area contributed by atoms with Crippen LogP contribution in [0.15, 0.2) is 48.5 Å². The third-order valence-corrected chi connectivity index (χ3v) is 5.42. The molecule has 0 aliphatic heterocycles. The predicted octanol–water partition coefficient (Wildman–Crippen LogP) is 4.89. The van der Waals surface area contributed by atoms with E-state index in [4.69, 9.17) is 11.6 Å². The van der Waals surface area contributed by atoms with Crippen molar-refractivity contribution >= 4 is 41.5 Å². The summed E-state index contributed by atoms with van der Waals surface area (Å²) in [7, 11) is 0. The van der Waals surface area contributed by atoms with Crippen molar-refractivity contribution in [3.63, 3.8) is 0 Å². The Balaban J connectivity index is 2.16. The monoisotopic (exact) mass is 377 g/mol. The molecule has 3 rings (SSSR count). The molecule has 0 fully saturated rings. The Morgan fingerprint density at radius 2 is 1.67 bits per heavy atom. The maximum Gasteiger partial charge on any atom is 0.323 e. The van der Waals surface area contributed by atoms with E-state index in [0.717, 1.165) is 16.0 Å². The molecule has 1 atom stereocenters. The number of aromatic hydroxyl groups is 1. The number of carbonyl (C=O) groups is 1. The van der Waals surface area contributed by atoms with E-state index in [0.29, 0.717) is 15.7 Å². The highest BCUT2D eigenvalue weighted by atomic mass is 35.5. The van der Waals surface area contributed by atoms with Crippen LogP contribution in [-0.2, 0) is 4.79 Å². The first-order chi connectivity index (χ1) is 11.5. The van der Waals surface area contributed by atoms with Crippen LogP contribution in [0.2, 0.25) is 5.02 Å². The number of rotatable bonds is 4. The Kier molecular flexibility index (Phi) is 4.80. The molecule has 2 aromatic carbocycles. The largest absolute Gasteiger partial charge is 0.508 e. The molecule has 2 N–H and O–H groups in total. The number of carboxylic acids is 1. The molecule has 1 aromatic heterocycles. The van der Waals surface area contributed by atoms with E-state index in [1.54, 1.807) is 36.4 Å². The number of hydrogen-bond donors (Lipinski definition) is 3. The van der Waals surface area contributed by atoms with Gasteiger partial charge in [0.2, 0.25) is 0 Å². The lowest BCUT2D eigenvalue weighted by molar-refractivity contribution is -0.136. The van der Waals surface area contributed by atoms with E-state index in [-0.39, 0.29) is 5.75 Å². The average Bonchev–Trinajstić information content (AvgIpc) is 3.00. The topological polar surface area (TPSA) is 70.4 Å². The van der Waals surface area contributed by atoms with E-state index >= 15 is 0 Å². The Morgan fingerprint density at radius 1 is 1.08 bits per heavy atom. The van der Waals surface area contributed by atoms with E-state index in [1.165, 1.54) is 11.3 Å². The molecule has 0 amide bonds. The van der Waals surface area contributed by atoms with Crippen LogP contribution >= 0.6 is 35.6 Å². The minimum Gasteiger partial charge on any atom is -0.508 e. The summed E-state index contributed by atoms with van der Waals surface area (Å²) in [5.74, 6) is -0.888. The number of benzene rings is 2. The van der Waals surface area contributed by atoms with Crippen LogP contribution in [0.4, 0.5) is 0 Å². The Morgan fingerprint density at radius 3 is 2.25 bits per heavy atom. The number of halogens is 1. The number of thiol groups is 1. The first kappa shape index (κ1) is 16.8. The second-order valence-electron chi connectivity index (χ2n) is 5.02. The SMILES string of the molecule is O=C(O)C(S)c1nc(-c2ccc(Cl)cc2)c(-c2ccc(O)cc2)s1. The summed E-state index contributed by atoms with van der Waals surface area (Å²) in [5, 5.41) is 18.7. The molecule has 1 heterocycles. The zero-order valence-corrected chi connectivity index (χ0v) is 14.6. The molecule has 0 aliphatic rings. The van der Waals surface area contributed by atoms with Crippen molar-refractivity contribution in [3.8, 4) is 27.4 Å². The van der Waals surface area contributed by atoms with Crippen molar-refractivity contribution in [2.24, 2.45) is 0 Å². The second-order valence-corrected chi connectivity index (χ2v) is 7.01. The van der Waals surface area contributed by atoms with Crippen molar-refractivity contribution < 1.29 is 15.0 Å². The van der Waals surface area contributed by atoms with Gasteiger partial charge < -0.3 is 10.2 Å². The van der Waals surface area contributed by atoms with Gasteiger partial charge in [0.25, 0.3) is 0 Å². The highest BCUT2D eigenvalue weighted by molar-refractivity contribution is 7.81. The van der Waals surface area contributed by atoms with Gasteiger partial charge in [-0.15, -0.1) is 11.3 Å². The van der Waals surface area contributed by atoms with Crippen LogP contribution in [0.5, 0.6) is 5.75 Å². The molecule has 24 heavy (non-hydrogen) atoms. The highest BCUT2D eigenvalue weighted by Gasteiger charge is 2.23. The summed E-state index contributed by atoms with van der Waals surface area (Å²) < 4.78 is 0. The Labute approximate surface area is 152 Å². The number of carboxylic acid groups (broad SMARTS) is 1. The summed E-state index contributed by atoms with van der Waals surface area (Å²) >= 11 is 11.3. The molecule has 122 valence electrons. The van der Waals surface area contributed by atoms with Gasteiger partial charge in [0.05, 0.1) is 10.6 Å². The van der Waals surface area contributed by atoms with Crippen LogP contribution in [0, 0.1) is 0 Å². The van der Waals surface area contributed by atoms with Crippen molar-refractivity contribution in [1.82, 2.24) is 4.98 Å². The van der Waals surface area contributed by atoms with Crippen molar-refractivity contribution in [1.29, 1.82) is 0 Å². The number of thiazole rings is 1. The smallest absolute Gasteiger partial charge is 0.323 e. The third-order valence-electron chi connectivity index (χ3n) is 3.36. The standard InChI is InChI=1S/C17H12ClNO3S2/c18-11-5-1-9(2-6-11)13-15(10-3-7-12(20)8-4-10)24-16(19-13)14(23)17(21)22/h1-8,14,20,23H,(H,21,22). The van der Waals surface area contributed by atoms with Crippen LogP contribution < -0.4 is 0 Å². The van der Waals surface area contributed by atoms with Gasteiger partial charge in [-0.25, -0.2) is 4.98 Å². The molecule has 4 nitrogen and oxygen atoms in total. The highest BCUT2D eigenvalue weighted by Crippen LogP contribution is 2.40. The van der Waals surface area contributed by atoms with Crippen LogP contribution in [-0.4, -0.2) is 21.2 Å². The van der Waals surface area contributed by atoms with Crippen molar-refractivity contribution in [2.75, 3.05) is 0 Å². The quantitative estimate of drug-likeness (QED) is 0.566. The minimum atomic E-state index is -1.05. The molecule has 0 radical (unpaired) electrons. The number of nitrogens with zero attached hydrogens (tertiary/aromatic N) is 1. The molecular weight excluding hydrogens is 366 g/mol. The molecule has 1 unspecified atom stereocenters. The summed E-state index contributed by atoms with van der Waals surface area (Å²) in [4.78, 5) is 16.5. The van der Waals surface area contributed by atoms with Gasteiger partial charge in [-0.3, -0.25) is 4.79 Å². The molecule has 0 bridgehead atoms. The first-order valence-electron chi connectivity index (χ1n) is 6.92. The zero-order chi connectivity index (χ0) is 17.3. The fourth-order valence-electron chi connectivity index (χ4n) is 2.17. The molecule has 3 aromatic rings. The molecule has 0 spiro atoms. The second kappa shape index (κ2) is 6.84. The summed E-state index contributed by atoms with van der Waals surface area (Å²) in [6, 6.07) is 13.9. The van der Waals surface area contributed by atoms with Gasteiger partial charge >= 0.3 is 5.97 Å². The van der Waals surface area contributed by atoms with Crippen molar-refractivity contribution in [2.45, 2.75) is 5.25 Å². The van der Waals surface area contributed by atoms with E-state index in [1.807, 2.05) is 12.1 Å². The van der Waals surface area contributed by atoms with Crippen LogP contribution in [0.1, 0.15) is 10.3 Å². The van der Waals surface area contributed by atoms with E-state index in [9.17, 15) is 15.0 Å². The number of hydrogen-bond acceptors (Lipinski definition) is 5. The summed E-state index contributed by atoms with van der Waals surface area (Å²) in [5.41, 5.74) is 2.33. The third kappa shape index (κ3) is 3.40.